The summed E-state index contributed by atoms with van der Waals surface area (Å²) in [5.74, 6) is 0.671. The van der Waals surface area contributed by atoms with E-state index in [-0.39, 0.29) is 6.16 Å². The molecule has 0 saturated heterocycles. The van der Waals surface area contributed by atoms with Crippen LogP contribution < -0.4 is 10.5 Å². The Bertz CT molecular complexity index is 326. The molecule has 0 fully saturated rings. The van der Waals surface area contributed by atoms with Crippen LogP contribution in [0.3, 0.4) is 0 Å². The Morgan fingerprint density at radius 1 is 1.44 bits per heavy atom. The van der Waals surface area contributed by atoms with Gasteiger partial charge in [0.2, 0.25) is 0 Å². The molecule has 4 nitrogen and oxygen atoms in total. The first kappa shape index (κ1) is 15.2. The fourth-order valence-corrected chi connectivity index (χ4v) is 1.63. The van der Waals surface area contributed by atoms with Crippen LogP contribution in [-0.4, -0.2) is 18.0 Å². The molecule has 1 aromatic carbocycles. The number of methoxy groups -OCH3 is 1. The van der Waals surface area contributed by atoms with Crippen molar-refractivity contribution in [3.8, 4) is 5.75 Å². The van der Waals surface area contributed by atoms with Crippen molar-refractivity contribution < 1.29 is 14.2 Å². The first-order valence-corrected chi connectivity index (χ1v) is 6.63. The smallest absolute Gasteiger partial charge is 0.193 e. The van der Waals surface area contributed by atoms with Gasteiger partial charge in [0.05, 0.1) is 13.3 Å². The molecule has 0 heterocycles. The summed E-state index contributed by atoms with van der Waals surface area (Å²) in [6, 6.07) is 7.55. The van der Waals surface area contributed by atoms with E-state index in [4.69, 9.17) is 15.4 Å². The Morgan fingerprint density at radius 3 is 2.38 bits per heavy atom. The Labute approximate surface area is 97.3 Å². The Hall–Kier alpha value is -0.830. The number of ether oxygens (including phenoxy) is 1. The largest absolute Gasteiger partial charge is 0.496 e. The van der Waals surface area contributed by atoms with Crippen molar-refractivity contribution in [2.75, 3.05) is 7.11 Å². The maximum Gasteiger partial charge on any atom is 0.193 e. The van der Waals surface area contributed by atoms with Gasteiger partial charge >= 0.3 is 0 Å². The summed E-state index contributed by atoms with van der Waals surface area (Å²) in [6.45, 7) is 3.89. The van der Waals surface area contributed by atoms with E-state index >= 15 is 0 Å². The Morgan fingerprint density at radius 2 is 1.94 bits per heavy atom. The standard InChI is InChI=1S/C8H11O3P.C3H9N/c1-11-8-5-3-2-4-7(8)6-12(9)10;1-3(2)4/h2-5,12H,6H2,1H3,(H,9,10);3H,4H2,1-2H3. The van der Waals surface area contributed by atoms with E-state index < -0.39 is 8.03 Å². The van der Waals surface area contributed by atoms with Crippen LogP contribution >= 0.6 is 8.03 Å². The van der Waals surface area contributed by atoms with Crippen molar-refractivity contribution in [2.24, 2.45) is 5.73 Å². The third-order valence-corrected chi connectivity index (χ3v) is 2.22. The number of nitrogens with two attached hydrogens (primary N) is 1. The maximum absolute atomic E-state index is 10.6. The van der Waals surface area contributed by atoms with Crippen LogP contribution in [0.4, 0.5) is 0 Å². The van der Waals surface area contributed by atoms with Crippen molar-refractivity contribution in [1.29, 1.82) is 0 Å². The molecule has 0 saturated carbocycles. The zero-order chi connectivity index (χ0) is 12.6. The quantitative estimate of drug-likeness (QED) is 0.799. The first-order valence-electron chi connectivity index (χ1n) is 5.06. The molecule has 0 aliphatic heterocycles. The average molecular weight is 245 g/mol. The zero-order valence-electron chi connectivity index (χ0n) is 9.93. The van der Waals surface area contributed by atoms with Gasteiger partial charge in [0.1, 0.15) is 5.75 Å². The molecule has 0 aliphatic carbocycles. The van der Waals surface area contributed by atoms with Crippen molar-refractivity contribution in [3.05, 3.63) is 29.8 Å². The summed E-state index contributed by atoms with van der Waals surface area (Å²) in [5, 5.41) is 0. The molecule has 0 aromatic heterocycles. The van der Waals surface area contributed by atoms with E-state index in [0.717, 1.165) is 5.56 Å². The van der Waals surface area contributed by atoms with E-state index in [0.29, 0.717) is 11.8 Å². The highest BCUT2D eigenvalue weighted by molar-refractivity contribution is 7.37. The predicted molar refractivity (Wildman–Crippen MR) is 67.2 cm³/mol. The monoisotopic (exact) mass is 245 g/mol. The van der Waals surface area contributed by atoms with E-state index in [1.807, 2.05) is 26.0 Å². The van der Waals surface area contributed by atoms with E-state index in [1.54, 1.807) is 19.2 Å². The second-order valence-corrected chi connectivity index (χ2v) is 4.77. The van der Waals surface area contributed by atoms with Gasteiger partial charge in [0, 0.05) is 5.56 Å². The molecule has 5 heteroatoms. The van der Waals surface area contributed by atoms with Gasteiger partial charge in [-0.1, -0.05) is 32.0 Å². The third-order valence-electron chi connectivity index (χ3n) is 1.53. The van der Waals surface area contributed by atoms with E-state index in [2.05, 4.69) is 0 Å². The van der Waals surface area contributed by atoms with E-state index in [1.165, 1.54) is 0 Å². The molecule has 3 N–H and O–H groups in total. The van der Waals surface area contributed by atoms with Crippen molar-refractivity contribution in [3.63, 3.8) is 0 Å². The minimum atomic E-state index is -2.45. The predicted octanol–water partition coefficient (Wildman–Crippen LogP) is 2.02. The lowest BCUT2D eigenvalue weighted by atomic mass is 10.2. The number of rotatable bonds is 3. The molecular formula is C11H20NO3P. The van der Waals surface area contributed by atoms with Crippen LogP contribution in [-0.2, 0) is 10.7 Å². The van der Waals surface area contributed by atoms with Crippen molar-refractivity contribution in [1.82, 2.24) is 0 Å². The van der Waals surface area contributed by atoms with Gasteiger partial charge in [0.25, 0.3) is 0 Å². The van der Waals surface area contributed by atoms with Crippen LogP contribution in [0, 0.1) is 0 Å². The molecule has 16 heavy (non-hydrogen) atoms. The third kappa shape index (κ3) is 7.46. The normalized spacial score (nSPS) is 11.6. The first-order chi connectivity index (χ1) is 7.47. The lowest BCUT2D eigenvalue weighted by Gasteiger charge is -2.05. The highest BCUT2D eigenvalue weighted by Crippen LogP contribution is 2.27. The molecule has 0 bridgehead atoms. The van der Waals surface area contributed by atoms with E-state index in [9.17, 15) is 4.57 Å². The molecule has 1 rings (SSSR count). The lowest BCUT2D eigenvalue weighted by molar-refractivity contribution is 0.410. The zero-order valence-corrected chi connectivity index (χ0v) is 10.9. The molecule has 1 atom stereocenters. The van der Waals surface area contributed by atoms with Gasteiger partial charge in [-0.2, -0.15) is 0 Å². The number of benzene rings is 1. The molecule has 0 radical (unpaired) electrons. The van der Waals surface area contributed by atoms with Gasteiger partial charge in [-0.15, -0.1) is 0 Å². The second kappa shape index (κ2) is 8.34. The van der Waals surface area contributed by atoms with Crippen LogP contribution in [0.5, 0.6) is 5.75 Å². The molecule has 0 spiro atoms. The number of hydrogen-bond donors (Lipinski definition) is 2. The summed E-state index contributed by atoms with van der Waals surface area (Å²) >= 11 is 0. The number of para-hydroxylation sites is 1. The maximum atomic E-state index is 10.6. The van der Waals surface area contributed by atoms with Crippen LogP contribution in [0.15, 0.2) is 24.3 Å². The van der Waals surface area contributed by atoms with Crippen molar-refractivity contribution in [2.45, 2.75) is 26.1 Å². The molecular weight excluding hydrogens is 225 g/mol. The highest BCUT2D eigenvalue weighted by Gasteiger charge is 2.03. The van der Waals surface area contributed by atoms with Gasteiger partial charge in [-0.3, -0.25) is 4.57 Å². The summed E-state index contributed by atoms with van der Waals surface area (Å²) < 4.78 is 15.6. The van der Waals surface area contributed by atoms with Gasteiger partial charge < -0.3 is 15.4 Å². The fraction of sp³-hybridized carbons (Fsp3) is 0.455. The average Bonchev–Trinajstić information content (AvgIpc) is 2.17. The fourth-order valence-electron chi connectivity index (χ4n) is 1.01. The molecule has 1 unspecified atom stereocenters. The summed E-state index contributed by atoms with van der Waals surface area (Å²) in [6.07, 6.45) is 0.189. The Balaban J connectivity index is 0.000000487. The van der Waals surface area contributed by atoms with Crippen LogP contribution in [0.1, 0.15) is 19.4 Å². The molecule has 1 aromatic rings. The summed E-state index contributed by atoms with van der Waals surface area (Å²) in [5.41, 5.74) is 5.89. The summed E-state index contributed by atoms with van der Waals surface area (Å²) in [7, 11) is -0.900. The van der Waals surface area contributed by atoms with Gasteiger partial charge in [-0.25, -0.2) is 0 Å². The highest BCUT2D eigenvalue weighted by atomic mass is 31.1. The molecule has 0 amide bonds. The van der Waals surface area contributed by atoms with Crippen molar-refractivity contribution >= 4 is 8.03 Å². The SMILES string of the molecule is CC(C)N.COc1ccccc1C[PH](=O)O. The van der Waals surface area contributed by atoms with Crippen LogP contribution in [0.25, 0.3) is 0 Å². The van der Waals surface area contributed by atoms with Gasteiger partial charge in [-0.05, 0) is 12.1 Å². The van der Waals surface area contributed by atoms with Gasteiger partial charge in [0.15, 0.2) is 8.03 Å². The minimum absolute atomic E-state index is 0.189. The topological polar surface area (TPSA) is 72.5 Å². The lowest BCUT2D eigenvalue weighted by Crippen LogP contribution is -2.06. The minimum Gasteiger partial charge on any atom is -0.496 e. The second-order valence-electron chi connectivity index (χ2n) is 3.63. The molecule has 92 valence electrons. The summed E-state index contributed by atoms with van der Waals surface area (Å²) in [4.78, 5) is 8.72. The molecule has 0 aliphatic rings. The number of hydrogen-bond acceptors (Lipinski definition) is 3. The Kier molecular flexibility index (Phi) is 7.90. The van der Waals surface area contributed by atoms with Crippen LogP contribution in [0.2, 0.25) is 0 Å².